The molecule has 1 amide bonds. The van der Waals surface area contributed by atoms with Gasteiger partial charge >= 0.3 is 0 Å². The summed E-state index contributed by atoms with van der Waals surface area (Å²) in [4.78, 5) is 45.0. The van der Waals surface area contributed by atoms with E-state index in [9.17, 15) is 9.59 Å². The fourth-order valence-corrected chi connectivity index (χ4v) is 6.26. The molecule has 2 aromatic carbocycles. The number of pyridine rings is 1. The molecule has 198 valence electrons. The summed E-state index contributed by atoms with van der Waals surface area (Å²) in [7, 11) is 0. The molecule has 0 spiro atoms. The third kappa shape index (κ3) is 5.43. The molecule has 0 radical (unpaired) electrons. The average molecular weight is 540 g/mol. The number of imidazole rings is 1. The Labute approximate surface area is 230 Å². The van der Waals surface area contributed by atoms with Gasteiger partial charge in [-0.1, -0.05) is 30.3 Å². The van der Waals surface area contributed by atoms with Gasteiger partial charge in [-0.05, 0) is 48.7 Å². The summed E-state index contributed by atoms with van der Waals surface area (Å²) in [6, 6.07) is 18.0. The van der Waals surface area contributed by atoms with Crippen molar-refractivity contribution < 1.29 is 9.59 Å². The SMILES string of the molecule is NCc1ccnc(N2CCC(C3=NC(C(=O)Nc4nc5ccc(C(=O)c6ccccc6)cc5[nH]4)CS3)CC2)c1. The summed E-state index contributed by atoms with van der Waals surface area (Å²) < 4.78 is 0. The number of carbonyl (C=O) groups is 2. The Hall–Kier alpha value is -4.02. The zero-order chi connectivity index (χ0) is 26.8. The Kier molecular flexibility index (Phi) is 7.12. The summed E-state index contributed by atoms with van der Waals surface area (Å²) in [5, 5.41) is 3.94. The Morgan fingerprint density at radius 2 is 1.87 bits per heavy atom. The van der Waals surface area contributed by atoms with E-state index in [4.69, 9.17) is 10.7 Å². The summed E-state index contributed by atoms with van der Waals surface area (Å²) >= 11 is 1.68. The largest absolute Gasteiger partial charge is 0.357 e. The number of nitrogens with one attached hydrogen (secondary N) is 2. The third-order valence-electron chi connectivity index (χ3n) is 7.21. The number of aliphatic imine (C=N–C) groups is 1. The highest BCUT2D eigenvalue weighted by atomic mass is 32.2. The number of hydrogen-bond donors (Lipinski definition) is 3. The standard InChI is InChI=1S/C29H29N7O2S/c30-16-18-8-11-31-25(14-18)36-12-9-20(10-13-36)28-32-24(17-39-28)27(38)35-29-33-22-7-6-21(15-23(22)34-29)26(37)19-4-2-1-3-5-19/h1-8,11,14-15,20,24H,9-10,12-13,16-17,30H2,(H2,33,34,35,38). The van der Waals surface area contributed by atoms with Gasteiger partial charge in [0, 0.05) is 48.6 Å². The van der Waals surface area contributed by atoms with Crippen molar-refractivity contribution >= 4 is 51.3 Å². The number of hydrogen-bond acceptors (Lipinski definition) is 8. The molecule has 0 saturated carbocycles. The van der Waals surface area contributed by atoms with Crippen molar-refractivity contribution in [3.05, 3.63) is 83.6 Å². The van der Waals surface area contributed by atoms with E-state index in [0.717, 1.165) is 42.4 Å². The first kappa shape index (κ1) is 25.3. The van der Waals surface area contributed by atoms with Crippen LogP contribution in [0.5, 0.6) is 0 Å². The molecule has 1 saturated heterocycles. The lowest BCUT2D eigenvalue weighted by Crippen LogP contribution is -2.36. The summed E-state index contributed by atoms with van der Waals surface area (Å²) in [5.74, 6) is 2.06. The lowest BCUT2D eigenvalue weighted by molar-refractivity contribution is -0.116. The van der Waals surface area contributed by atoms with Crippen LogP contribution in [0.25, 0.3) is 11.0 Å². The Bertz CT molecular complexity index is 1540. The number of thioether (sulfide) groups is 1. The van der Waals surface area contributed by atoms with Crippen LogP contribution in [0.4, 0.5) is 11.8 Å². The lowest BCUT2D eigenvalue weighted by Gasteiger charge is -2.32. The molecular formula is C29H29N7O2S. The molecule has 10 heteroatoms. The van der Waals surface area contributed by atoms with Crippen molar-refractivity contribution in [1.29, 1.82) is 0 Å². The number of nitrogens with two attached hydrogens (primary N) is 1. The molecule has 2 aromatic heterocycles. The average Bonchev–Trinajstić information content (AvgIpc) is 3.64. The fourth-order valence-electron chi connectivity index (χ4n) is 5.03. The van der Waals surface area contributed by atoms with Crippen molar-refractivity contribution in [3.63, 3.8) is 0 Å². The van der Waals surface area contributed by atoms with Crippen molar-refractivity contribution in [2.45, 2.75) is 25.4 Å². The van der Waals surface area contributed by atoms with E-state index in [1.165, 1.54) is 0 Å². The van der Waals surface area contributed by atoms with Crippen LogP contribution in [0, 0.1) is 5.92 Å². The maximum absolute atomic E-state index is 13.0. The van der Waals surface area contributed by atoms with Gasteiger partial charge in [0.25, 0.3) is 5.91 Å². The highest BCUT2D eigenvalue weighted by Crippen LogP contribution is 2.31. The highest BCUT2D eigenvalue weighted by molar-refractivity contribution is 8.14. The topological polar surface area (TPSA) is 129 Å². The van der Waals surface area contributed by atoms with Gasteiger partial charge in [-0.25, -0.2) is 9.97 Å². The quantitative estimate of drug-likeness (QED) is 0.303. The smallest absolute Gasteiger partial charge is 0.252 e. The third-order valence-corrected chi connectivity index (χ3v) is 8.43. The number of carbonyl (C=O) groups excluding carboxylic acids is 2. The lowest BCUT2D eigenvalue weighted by atomic mass is 9.97. The number of H-pyrrole nitrogens is 1. The molecule has 0 bridgehead atoms. The van der Waals surface area contributed by atoms with Gasteiger partial charge in [0.15, 0.2) is 5.78 Å². The normalized spacial score (nSPS) is 17.8. The number of piperidine rings is 1. The van der Waals surface area contributed by atoms with Crippen molar-refractivity contribution in [2.75, 3.05) is 29.1 Å². The first-order chi connectivity index (χ1) is 19.1. The first-order valence-corrected chi connectivity index (χ1v) is 14.1. The van der Waals surface area contributed by atoms with Gasteiger partial charge in [0.05, 0.1) is 16.1 Å². The predicted octanol–water partition coefficient (Wildman–Crippen LogP) is 4.02. The molecule has 6 rings (SSSR count). The van der Waals surface area contributed by atoms with Gasteiger partial charge < -0.3 is 15.6 Å². The van der Waals surface area contributed by atoms with Crippen molar-refractivity contribution in [2.24, 2.45) is 16.6 Å². The number of rotatable bonds is 7. The van der Waals surface area contributed by atoms with E-state index < -0.39 is 6.04 Å². The van der Waals surface area contributed by atoms with Gasteiger partial charge in [0.1, 0.15) is 11.9 Å². The number of aromatic amines is 1. The number of fused-ring (bicyclic) bond motifs is 1. The summed E-state index contributed by atoms with van der Waals surface area (Å²) in [5.41, 5.74) is 9.42. The molecule has 2 aliphatic heterocycles. The van der Waals surface area contributed by atoms with Gasteiger partial charge in [-0.15, -0.1) is 11.8 Å². The zero-order valence-electron chi connectivity index (χ0n) is 21.3. The Morgan fingerprint density at radius 3 is 2.67 bits per heavy atom. The number of ketones is 1. The molecule has 4 aromatic rings. The molecule has 2 aliphatic rings. The minimum Gasteiger partial charge on any atom is -0.357 e. The van der Waals surface area contributed by atoms with Crippen LogP contribution in [0.15, 0.2) is 71.9 Å². The van der Waals surface area contributed by atoms with E-state index in [1.54, 1.807) is 42.1 Å². The minimum absolute atomic E-state index is 0.0614. The second-order valence-electron chi connectivity index (χ2n) is 9.78. The van der Waals surface area contributed by atoms with E-state index in [2.05, 4.69) is 31.2 Å². The van der Waals surface area contributed by atoms with Crippen LogP contribution >= 0.6 is 11.8 Å². The molecule has 1 fully saturated rings. The Morgan fingerprint density at radius 1 is 1.05 bits per heavy atom. The summed E-state index contributed by atoms with van der Waals surface area (Å²) in [6.45, 7) is 2.30. The van der Waals surface area contributed by atoms with Crippen LogP contribution in [-0.4, -0.2) is 56.6 Å². The fraction of sp³-hybridized carbons (Fsp3) is 0.276. The van der Waals surface area contributed by atoms with Crippen LogP contribution in [0.3, 0.4) is 0 Å². The molecular weight excluding hydrogens is 510 g/mol. The Balaban J connectivity index is 1.07. The van der Waals surface area contributed by atoms with Crippen LogP contribution < -0.4 is 16.0 Å². The van der Waals surface area contributed by atoms with E-state index in [-0.39, 0.29) is 11.7 Å². The number of nitrogens with zero attached hydrogens (tertiary/aromatic N) is 4. The molecule has 1 atom stereocenters. The summed E-state index contributed by atoms with van der Waals surface area (Å²) in [6.07, 6.45) is 3.76. The van der Waals surface area contributed by atoms with Gasteiger partial charge in [0.2, 0.25) is 5.95 Å². The molecule has 9 nitrogen and oxygen atoms in total. The van der Waals surface area contributed by atoms with E-state index in [1.807, 2.05) is 30.5 Å². The minimum atomic E-state index is -0.450. The number of anilines is 2. The maximum atomic E-state index is 13.0. The van der Waals surface area contributed by atoms with Crippen LogP contribution in [0.2, 0.25) is 0 Å². The monoisotopic (exact) mass is 539 g/mol. The molecule has 39 heavy (non-hydrogen) atoms. The molecule has 1 unspecified atom stereocenters. The maximum Gasteiger partial charge on any atom is 0.252 e. The molecule has 4 N–H and O–H groups in total. The number of amides is 1. The van der Waals surface area contributed by atoms with Crippen LogP contribution in [0.1, 0.15) is 34.3 Å². The highest BCUT2D eigenvalue weighted by Gasteiger charge is 2.32. The van der Waals surface area contributed by atoms with Crippen molar-refractivity contribution in [3.8, 4) is 0 Å². The van der Waals surface area contributed by atoms with Crippen LogP contribution in [-0.2, 0) is 11.3 Å². The number of benzene rings is 2. The molecule has 4 heterocycles. The second-order valence-corrected chi connectivity index (χ2v) is 10.8. The van der Waals surface area contributed by atoms with E-state index in [0.29, 0.717) is 46.3 Å². The zero-order valence-corrected chi connectivity index (χ0v) is 22.2. The van der Waals surface area contributed by atoms with Gasteiger partial charge in [-0.3, -0.25) is 19.9 Å². The first-order valence-electron chi connectivity index (χ1n) is 13.1. The second kappa shape index (κ2) is 11.0. The van der Waals surface area contributed by atoms with Gasteiger partial charge in [-0.2, -0.15) is 0 Å². The number of aromatic nitrogens is 3. The van der Waals surface area contributed by atoms with E-state index >= 15 is 0 Å². The predicted molar refractivity (Wildman–Crippen MR) is 155 cm³/mol. The van der Waals surface area contributed by atoms with Crippen molar-refractivity contribution in [1.82, 2.24) is 15.0 Å². The molecule has 0 aliphatic carbocycles.